The van der Waals surface area contributed by atoms with Crippen molar-refractivity contribution in [1.82, 2.24) is 9.97 Å². The minimum atomic E-state index is -3.11. The summed E-state index contributed by atoms with van der Waals surface area (Å²) >= 11 is 1.05. The predicted octanol–water partition coefficient (Wildman–Crippen LogP) is 3.57. The summed E-state index contributed by atoms with van der Waals surface area (Å²) in [6.07, 6.45) is 0. The number of anilines is 1. The average Bonchev–Trinajstić information content (AvgIpc) is 2.33. The summed E-state index contributed by atoms with van der Waals surface area (Å²) in [6, 6.07) is 3.84. The number of benzene rings is 1. The van der Waals surface area contributed by atoms with Crippen LogP contribution < -0.4 is 10.5 Å². The highest BCUT2D eigenvalue weighted by atomic mass is 32.2. The zero-order valence-corrected chi connectivity index (χ0v) is 12.0. The number of aromatic nitrogens is 2. The van der Waals surface area contributed by atoms with Gasteiger partial charge in [-0.25, -0.2) is 14.4 Å². The maximum atomic E-state index is 13.5. The van der Waals surface area contributed by atoms with E-state index in [1.807, 2.05) is 0 Å². The SMILES string of the molecule is Cc1cc(C)nc(Sc2cc(OC(F)F)c(F)cc2N)n1. The van der Waals surface area contributed by atoms with Crippen LogP contribution in [0.5, 0.6) is 5.75 Å². The Bertz CT molecular complexity index is 647. The zero-order valence-electron chi connectivity index (χ0n) is 11.2. The number of nitrogen functional groups attached to an aromatic ring is 1. The van der Waals surface area contributed by atoms with E-state index < -0.39 is 18.2 Å². The number of ether oxygens (including phenoxy) is 1. The largest absolute Gasteiger partial charge is 0.432 e. The molecule has 0 aliphatic carbocycles. The van der Waals surface area contributed by atoms with Gasteiger partial charge in [0.05, 0.1) is 0 Å². The molecule has 8 heteroatoms. The summed E-state index contributed by atoms with van der Waals surface area (Å²) in [5.41, 5.74) is 7.30. The Balaban J connectivity index is 2.34. The lowest BCUT2D eigenvalue weighted by atomic mass is 10.3. The van der Waals surface area contributed by atoms with Crippen LogP contribution in [0.25, 0.3) is 0 Å². The van der Waals surface area contributed by atoms with Crippen LogP contribution in [0.4, 0.5) is 18.9 Å². The van der Waals surface area contributed by atoms with E-state index in [9.17, 15) is 13.2 Å². The van der Waals surface area contributed by atoms with Gasteiger partial charge >= 0.3 is 6.61 Å². The van der Waals surface area contributed by atoms with E-state index in [1.165, 1.54) is 0 Å². The van der Waals surface area contributed by atoms with Crippen LogP contribution in [0, 0.1) is 19.7 Å². The third-order valence-electron chi connectivity index (χ3n) is 2.44. The second-order valence-electron chi connectivity index (χ2n) is 4.23. The molecule has 0 atom stereocenters. The second kappa shape index (κ2) is 6.21. The third kappa shape index (κ3) is 4.01. The average molecular weight is 315 g/mol. The van der Waals surface area contributed by atoms with Crippen LogP contribution in [0.3, 0.4) is 0 Å². The zero-order chi connectivity index (χ0) is 15.6. The Morgan fingerprint density at radius 1 is 1.14 bits per heavy atom. The lowest BCUT2D eigenvalue weighted by molar-refractivity contribution is -0.0523. The number of nitrogens with zero attached hydrogens (tertiary/aromatic N) is 2. The van der Waals surface area contributed by atoms with Crippen molar-refractivity contribution in [1.29, 1.82) is 0 Å². The molecule has 1 heterocycles. The van der Waals surface area contributed by atoms with Gasteiger partial charge in [-0.3, -0.25) is 0 Å². The number of rotatable bonds is 4. The summed E-state index contributed by atoms with van der Waals surface area (Å²) in [4.78, 5) is 8.74. The minimum absolute atomic E-state index is 0.0990. The standard InChI is InChI=1S/C13H12F3N3OS/c1-6-3-7(2)19-13(18-6)21-11-5-10(20-12(15)16)8(14)4-9(11)17/h3-5,12H,17H2,1-2H3. The molecule has 0 amide bonds. The topological polar surface area (TPSA) is 61.0 Å². The fraction of sp³-hybridized carbons (Fsp3) is 0.231. The number of hydrogen-bond donors (Lipinski definition) is 1. The molecule has 21 heavy (non-hydrogen) atoms. The Labute approximate surface area is 123 Å². The van der Waals surface area contributed by atoms with Crippen molar-refractivity contribution in [3.05, 3.63) is 35.4 Å². The quantitative estimate of drug-likeness (QED) is 0.690. The maximum absolute atomic E-state index is 13.5. The number of nitrogens with two attached hydrogens (primary N) is 1. The molecule has 0 bridgehead atoms. The van der Waals surface area contributed by atoms with Gasteiger partial charge in [-0.15, -0.1) is 0 Å². The molecular formula is C13H12F3N3OS. The van der Waals surface area contributed by atoms with Gasteiger partial charge in [0.15, 0.2) is 16.7 Å². The molecule has 2 aromatic rings. The van der Waals surface area contributed by atoms with E-state index in [1.54, 1.807) is 19.9 Å². The summed E-state index contributed by atoms with van der Waals surface area (Å²) in [5, 5.41) is 0.397. The Morgan fingerprint density at radius 3 is 2.33 bits per heavy atom. The van der Waals surface area contributed by atoms with Crippen molar-refractivity contribution in [3.63, 3.8) is 0 Å². The van der Waals surface area contributed by atoms with Crippen LogP contribution in [0.2, 0.25) is 0 Å². The highest BCUT2D eigenvalue weighted by Crippen LogP contribution is 2.35. The second-order valence-corrected chi connectivity index (χ2v) is 5.24. The molecule has 4 nitrogen and oxygen atoms in total. The highest BCUT2D eigenvalue weighted by Gasteiger charge is 2.15. The van der Waals surface area contributed by atoms with Gasteiger partial charge in [0, 0.05) is 28.0 Å². The van der Waals surface area contributed by atoms with E-state index >= 15 is 0 Å². The fourth-order valence-corrected chi connectivity index (χ4v) is 2.58. The molecule has 0 saturated carbocycles. The van der Waals surface area contributed by atoms with Crippen molar-refractivity contribution in [2.45, 2.75) is 30.5 Å². The van der Waals surface area contributed by atoms with Gasteiger partial charge in [-0.2, -0.15) is 8.78 Å². The molecule has 0 spiro atoms. The van der Waals surface area contributed by atoms with Gasteiger partial charge in [0.2, 0.25) is 0 Å². The lowest BCUT2D eigenvalue weighted by Gasteiger charge is -2.10. The number of hydrogen-bond acceptors (Lipinski definition) is 5. The Morgan fingerprint density at radius 2 is 1.76 bits per heavy atom. The molecule has 0 saturated heterocycles. The van der Waals surface area contributed by atoms with Gasteiger partial charge in [0.25, 0.3) is 0 Å². The van der Waals surface area contributed by atoms with Crippen molar-refractivity contribution in [2.75, 3.05) is 5.73 Å². The monoisotopic (exact) mass is 315 g/mol. The fourth-order valence-electron chi connectivity index (χ4n) is 1.66. The molecular weight excluding hydrogens is 303 g/mol. The van der Waals surface area contributed by atoms with E-state index in [2.05, 4.69) is 14.7 Å². The molecule has 0 unspecified atom stereocenters. The van der Waals surface area contributed by atoms with Crippen LogP contribution in [-0.4, -0.2) is 16.6 Å². The van der Waals surface area contributed by atoms with E-state index in [4.69, 9.17) is 5.73 Å². The summed E-state index contributed by atoms with van der Waals surface area (Å²) in [6.45, 7) is 0.495. The van der Waals surface area contributed by atoms with Gasteiger partial charge < -0.3 is 10.5 Å². The van der Waals surface area contributed by atoms with Crippen molar-refractivity contribution in [2.24, 2.45) is 0 Å². The molecule has 2 rings (SSSR count). The molecule has 0 radical (unpaired) electrons. The molecule has 112 valence electrons. The van der Waals surface area contributed by atoms with Gasteiger partial charge in [0.1, 0.15) is 0 Å². The van der Waals surface area contributed by atoms with Crippen LogP contribution in [-0.2, 0) is 0 Å². The summed E-state index contributed by atoms with van der Waals surface area (Å²) in [7, 11) is 0. The minimum Gasteiger partial charge on any atom is -0.432 e. The van der Waals surface area contributed by atoms with Crippen molar-refractivity contribution < 1.29 is 17.9 Å². The summed E-state index contributed by atoms with van der Waals surface area (Å²) in [5.74, 6) is -1.51. The molecule has 0 aliphatic rings. The molecule has 0 aliphatic heterocycles. The van der Waals surface area contributed by atoms with Gasteiger partial charge in [-0.05, 0) is 37.7 Å². The van der Waals surface area contributed by atoms with Crippen LogP contribution >= 0.6 is 11.8 Å². The predicted molar refractivity (Wildman–Crippen MR) is 73.1 cm³/mol. The maximum Gasteiger partial charge on any atom is 0.387 e. The highest BCUT2D eigenvalue weighted by molar-refractivity contribution is 7.99. The van der Waals surface area contributed by atoms with Gasteiger partial charge in [-0.1, -0.05) is 0 Å². The number of aryl methyl sites for hydroxylation is 2. The smallest absolute Gasteiger partial charge is 0.387 e. The molecule has 2 N–H and O–H groups in total. The molecule has 1 aromatic heterocycles. The van der Waals surface area contributed by atoms with Crippen molar-refractivity contribution >= 4 is 17.4 Å². The third-order valence-corrected chi connectivity index (χ3v) is 3.38. The molecule has 1 aromatic carbocycles. The van der Waals surface area contributed by atoms with E-state index in [-0.39, 0.29) is 5.69 Å². The van der Waals surface area contributed by atoms with E-state index in [0.29, 0.717) is 10.1 Å². The number of alkyl halides is 2. The first-order chi connectivity index (χ1) is 9.85. The first-order valence-corrected chi connectivity index (χ1v) is 6.71. The molecule has 0 fully saturated rings. The normalized spacial score (nSPS) is 11.0. The Kier molecular flexibility index (Phi) is 4.56. The number of halogens is 3. The first-order valence-electron chi connectivity index (χ1n) is 5.89. The lowest BCUT2D eigenvalue weighted by Crippen LogP contribution is -2.05. The van der Waals surface area contributed by atoms with Crippen molar-refractivity contribution in [3.8, 4) is 5.75 Å². The first kappa shape index (κ1) is 15.4. The summed E-state index contributed by atoms with van der Waals surface area (Å²) < 4.78 is 42.0. The van der Waals surface area contributed by atoms with Crippen LogP contribution in [0.1, 0.15) is 11.4 Å². The Hall–Kier alpha value is -1.96. The van der Waals surface area contributed by atoms with Crippen LogP contribution in [0.15, 0.2) is 28.3 Å². The van der Waals surface area contributed by atoms with E-state index in [0.717, 1.165) is 35.3 Å².